The Labute approximate surface area is 123 Å². The van der Waals surface area contributed by atoms with Crippen molar-refractivity contribution in [2.24, 2.45) is 0 Å². The van der Waals surface area contributed by atoms with Crippen LogP contribution in [0.15, 0.2) is 29.2 Å². The standard InChI is InChI=1S/C13H17N3O4S/c1-3-9(2)14-12(17)8-16-13(18)10-6-4-5-7-11(10)21(19,20)15-16/h4-7,9,15H,3,8H2,1-2H3,(H,14,17). The number of nitrogens with zero attached hydrogens (tertiary/aromatic N) is 1. The molecule has 2 rings (SSSR count). The molecule has 0 radical (unpaired) electrons. The number of fused-ring (bicyclic) bond motifs is 1. The zero-order chi connectivity index (χ0) is 15.6. The van der Waals surface area contributed by atoms with Crippen molar-refractivity contribution >= 4 is 21.8 Å². The molecule has 0 fully saturated rings. The summed E-state index contributed by atoms with van der Waals surface area (Å²) in [5, 5.41) is 3.50. The van der Waals surface area contributed by atoms with Gasteiger partial charge in [-0.3, -0.25) is 14.6 Å². The molecular formula is C13H17N3O4S. The number of rotatable bonds is 4. The van der Waals surface area contributed by atoms with Crippen molar-refractivity contribution in [1.29, 1.82) is 0 Å². The third-order valence-electron chi connectivity index (χ3n) is 3.20. The Morgan fingerprint density at radius 3 is 2.71 bits per heavy atom. The van der Waals surface area contributed by atoms with E-state index in [4.69, 9.17) is 0 Å². The molecule has 0 spiro atoms. The lowest BCUT2D eigenvalue weighted by atomic mass is 10.2. The number of hydrazine groups is 1. The Morgan fingerprint density at radius 1 is 1.38 bits per heavy atom. The smallest absolute Gasteiger partial charge is 0.270 e. The van der Waals surface area contributed by atoms with Gasteiger partial charge < -0.3 is 5.32 Å². The average Bonchev–Trinajstić information content (AvgIpc) is 2.44. The quantitative estimate of drug-likeness (QED) is 0.833. The molecule has 2 amide bonds. The molecule has 0 saturated heterocycles. The van der Waals surface area contributed by atoms with Crippen molar-refractivity contribution in [3.05, 3.63) is 29.8 Å². The highest BCUT2D eigenvalue weighted by Crippen LogP contribution is 2.21. The Balaban J connectivity index is 2.21. The lowest BCUT2D eigenvalue weighted by molar-refractivity contribution is -0.122. The van der Waals surface area contributed by atoms with Gasteiger partial charge in [-0.25, -0.2) is 8.42 Å². The van der Waals surface area contributed by atoms with Crippen molar-refractivity contribution in [1.82, 2.24) is 15.2 Å². The zero-order valence-electron chi connectivity index (χ0n) is 11.8. The van der Waals surface area contributed by atoms with E-state index >= 15 is 0 Å². The van der Waals surface area contributed by atoms with E-state index in [1.807, 2.05) is 13.8 Å². The summed E-state index contributed by atoms with van der Waals surface area (Å²) in [5.74, 6) is -0.959. The van der Waals surface area contributed by atoms with Crippen molar-refractivity contribution in [3.63, 3.8) is 0 Å². The molecule has 1 unspecified atom stereocenters. The summed E-state index contributed by atoms with van der Waals surface area (Å²) in [6.07, 6.45) is 0.744. The summed E-state index contributed by atoms with van der Waals surface area (Å²) >= 11 is 0. The van der Waals surface area contributed by atoms with Crippen LogP contribution in [0.25, 0.3) is 0 Å². The monoisotopic (exact) mass is 311 g/mol. The van der Waals surface area contributed by atoms with Crippen molar-refractivity contribution in [2.75, 3.05) is 6.54 Å². The van der Waals surface area contributed by atoms with Crippen molar-refractivity contribution < 1.29 is 18.0 Å². The molecule has 21 heavy (non-hydrogen) atoms. The molecule has 8 heteroatoms. The van der Waals surface area contributed by atoms with Gasteiger partial charge in [0.1, 0.15) is 6.54 Å². The number of amides is 2. The Kier molecular flexibility index (Phi) is 4.29. The summed E-state index contributed by atoms with van der Waals surface area (Å²) < 4.78 is 24.1. The molecule has 1 aliphatic rings. The highest BCUT2D eigenvalue weighted by molar-refractivity contribution is 7.89. The first-order valence-electron chi connectivity index (χ1n) is 6.58. The summed E-state index contributed by atoms with van der Waals surface area (Å²) in [7, 11) is -3.83. The first-order chi connectivity index (χ1) is 9.85. The van der Waals surface area contributed by atoms with E-state index in [0.717, 1.165) is 11.4 Å². The number of sulfonamides is 1. The largest absolute Gasteiger partial charge is 0.352 e. The van der Waals surface area contributed by atoms with Gasteiger partial charge in [-0.15, -0.1) is 4.83 Å². The zero-order valence-corrected chi connectivity index (χ0v) is 12.6. The van der Waals surface area contributed by atoms with Crippen LogP contribution in [0.2, 0.25) is 0 Å². The predicted molar refractivity (Wildman–Crippen MR) is 75.7 cm³/mol. The van der Waals surface area contributed by atoms with Crippen LogP contribution in [0.3, 0.4) is 0 Å². The molecule has 0 aromatic heterocycles. The van der Waals surface area contributed by atoms with Gasteiger partial charge in [-0.2, -0.15) is 0 Å². The fraction of sp³-hybridized carbons (Fsp3) is 0.385. The fourth-order valence-electron chi connectivity index (χ4n) is 1.93. The predicted octanol–water partition coefficient (Wildman–Crippen LogP) is 0.250. The molecule has 1 atom stereocenters. The average molecular weight is 311 g/mol. The van der Waals surface area contributed by atoms with Gasteiger partial charge in [0.25, 0.3) is 15.9 Å². The van der Waals surface area contributed by atoms with E-state index in [1.54, 1.807) is 6.07 Å². The van der Waals surface area contributed by atoms with Gasteiger partial charge in [0.15, 0.2) is 0 Å². The maximum atomic E-state index is 12.2. The van der Waals surface area contributed by atoms with Crippen LogP contribution in [0.1, 0.15) is 30.6 Å². The van der Waals surface area contributed by atoms with Crippen LogP contribution < -0.4 is 10.1 Å². The number of nitrogens with one attached hydrogen (secondary N) is 2. The number of carbonyl (C=O) groups excluding carboxylic acids is 2. The normalized spacial score (nSPS) is 18.0. The maximum absolute atomic E-state index is 12.2. The van der Waals surface area contributed by atoms with E-state index < -0.39 is 21.8 Å². The minimum absolute atomic E-state index is 0.0405. The first-order valence-corrected chi connectivity index (χ1v) is 8.06. The molecule has 0 saturated carbocycles. The second-order valence-electron chi connectivity index (χ2n) is 4.86. The molecule has 7 nitrogen and oxygen atoms in total. The van der Waals surface area contributed by atoms with Gasteiger partial charge in [0, 0.05) is 6.04 Å². The Morgan fingerprint density at radius 2 is 2.05 bits per heavy atom. The molecule has 1 aromatic rings. The number of hydrogen-bond donors (Lipinski definition) is 2. The van der Waals surface area contributed by atoms with E-state index in [1.165, 1.54) is 18.2 Å². The van der Waals surface area contributed by atoms with E-state index in [-0.39, 0.29) is 23.0 Å². The number of benzene rings is 1. The Bertz CT molecular complexity index is 672. The van der Waals surface area contributed by atoms with E-state index in [9.17, 15) is 18.0 Å². The molecule has 0 bridgehead atoms. The van der Waals surface area contributed by atoms with Gasteiger partial charge >= 0.3 is 0 Å². The fourth-order valence-corrected chi connectivity index (χ4v) is 3.17. The summed E-state index contributed by atoms with van der Waals surface area (Å²) in [6.45, 7) is 3.38. The van der Waals surface area contributed by atoms with Gasteiger partial charge in [0.05, 0.1) is 10.5 Å². The second kappa shape index (κ2) is 5.82. The molecule has 1 heterocycles. The number of hydrogen-bond acceptors (Lipinski definition) is 4. The third kappa shape index (κ3) is 3.22. The third-order valence-corrected chi connectivity index (χ3v) is 4.60. The summed E-state index contributed by atoms with van der Waals surface area (Å²) in [4.78, 5) is 26.1. The van der Waals surface area contributed by atoms with Crippen LogP contribution in [0, 0.1) is 0 Å². The molecular weight excluding hydrogens is 294 g/mol. The topological polar surface area (TPSA) is 95.6 Å². The van der Waals surface area contributed by atoms with E-state index in [2.05, 4.69) is 10.1 Å². The molecule has 1 aliphatic heterocycles. The lowest BCUT2D eigenvalue weighted by Gasteiger charge is -2.28. The minimum atomic E-state index is -3.83. The molecule has 1 aromatic carbocycles. The van der Waals surface area contributed by atoms with E-state index in [0.29, 0.717) is 0 Å². The highest BCUT2D eigenvalue weighted by Gasteiger charge is 2.34. The molecule has 2 N–H and O–H groups in total. The Hall–Kier alpha value is -1.93. The second-order valence-corrected chi connectivity index (χ2v) is 6.49. The SMILES string of the molecule is CCC(C)NC(=O)CN1NS(=O)(=O)c2ccccc2C1=O. The van der Waals surface area contributed by atoms with Gasteiger partial charge in [-0.05, 0) is 25.5 Å². The van der Waals surface area contributed by atoms with Crippen molar-refractivity contribution in [2.45, 2.75) is 31.2 Å². The summed E-state index contributed by atoms with van der Waals surface area (Å²) in [6, 6.07) is 5.86. The van der Waals surface area contributed by atoms with Crippen LogP contribution in [0.5, 0.6) is 0 Å². The minimum Gasteiger partial charge on any atom is -0.352 e. The van der Waals surface area contributed by atoms with Gasteiger partial charge in [-0.1, -0.05) is 19.1 Å². The van der Waals surface area contributed by atoms with Crippen molar-refractivity contribution in [3.8, 4) is 0 Å². The lowest BCUT2D eigenvalue weighted by Crippen LogP contribution is -2.54. The highest BCUT2D eigenvalue weighted by atomic mass is 32.2. The molecule has 114 valence electrons. The van der Waals surface area contributed by atoms with Gasteiger partial charge in [0.2, 0.25) is 5.91 Å². The first kappa shape index (κ1) is 15.5. The maximum Gasteiger partial charge on any atom is 0.270 e. The van der Waals surface area contributed by atoms with Crippen LogP contribution >= 0.6 is 0 Å². The number of carbonyl (C=O) groups is 2. The molecule has 0 aliphatic carbocycles. The van der Waals surface area contributed by atoms with Crippen LogP contribution in [-0.4, -0.2) is 37.8 Å². The van der Waals surface area contributed by atoms with Crippen LogP contribution in [0.4, 0.5) is 0 Å². The van der Waals surface area contributed by atoms with Crippen LogP contribution in [-0.2, 0) is 14.8 Å². The summed E-state index contributed by atoms with van der Waals surface area (Å²) in [5.41, 5.74) is 0.0626.